The van der Waals surface area contributed by atoms with Crippen LogP contribution in [0.1, 0.15) is 18.3 Å². The Kier molecular flexibility index (Phi) is 10.7. The van der Waals surface area contributed by atoms with Gasteiger partial charge in [0.2, 0.25) is 11.7 Å². The molecule has 4 aromatic heterocycles. The minimum absolute atomic E-state index is 0.00129. The van der Waals surface area contributed by atoms with Gasteiger partial charge in [-0.2, -0.15) is 8.62 Å². The van der Waals surface area contributed by atoms with Crippen molar-refractivity contribution in [2.24, 2.45) is 7.05 Å². The zero-order chi connectivity index (χ0) is 38.8. The van der Waals surface area contributed by atoms with Gasteiger partial charge in [-0.3, -0.25) is 32.8 Å². The fourth-order valence-electron chi connectivity index (χ4n) is 5.81. The van der Waals surface area contributed by atoms with E-state index in [1.165, 1.54) is 36.5 Å². The second kappa shape index (κ2) is 14.4. The minimum atomic E-state index is -5.97. The number of anilines is 1. The van der Waals surface area contributed by atoms with Crippen molar-refractivity contribution in [3.8, 4) is 0 Å². The smallest absolute Gasteiger partial charge is 0.387 e. The number of fused-ring (bicyclic) bond motifs is 2. The molecule has 0 bridgehead atoms. The number of imidazole rings is 2. The number of rotatable bonds is 13. The Morgan fingerprint density at radius 1 is 0.925 bits per heavy atom. The number of nitrogen functional groups attached to an aromatic ring is 1. The molecule has 11 atom stereocenters. The predicted octanol–water partition coefficient (Wildman–Crippen LogP) is -3.17. The topological polar surface area (TPSA) is 381 Å². The van der Waals surface area contributed by atoms with E-state index in [0.717, 1.165) is 10.9 Å². The molecule has 2 aliphatic rings. The van der Waals surface area contributed by atoms with Gasteiger partial charge in [-0.25, -0.2) is 28.2 Å². The molecule has 2 aliphatic heterocycles. The zero-order valence-corrected chi connectivity index (χ0v) is 30.1. The molecule has 27 nitrogen and oxygen atoms in total. The van der Waals surface area contributed by atoms with Crippen LogP contribution >= 0.6 is 23.5 Å². The highest BCUT2D eigenvalue weighted by Crippen LogP contribution is 2.67. The minimum Gasteiger partial charge on any atom is -0.387 e. The lowest BCUT2D eigenvalue weighted by Gasteiger charge is -2.21. The number of phosphoric acid groups is 3. The molecule has 2 saturated heterocycles. The first-order valence-corrected chi connectivity index (χ1v) is 19.5. The van der Waals surface area contributed by atoms with Crippen molar-refractivity contribution in [3.05, 3.63) is 39.2 Å². The van der Waals surface area contributed by atoms with Gasteiger partial charge < -0.3 is 54.9 Å². The number of ether oxygens (including phenoxy) is 3. The van der Waals surface area contributed by atoms with E-state index in [9.17, 15) is 53.3 Å². The Morgan fingerprint density at radius 3 is 2.21 bits per heavy atom. The van der Waals surface area contributed by atoms with E-state index >= 15 is 0 Å². The fraction of sp³-hybridized carbons (Fsp3) is 0.565. The average molecular weight is 816 g/mol. The number of hydrogen-bond donors (Lipinski definition) is 9. The zero-order valence-electron chi connectivity index (χ0n) is 27.4. The van der Waals surface area contributed by atoms with E-state index in [2.05, 4.69) is 38.1 Å². The summed E-state index contributed by atoms with van der Waals surface area (Å²) in [6.45, 7) is -0.513. The Balaban J connectivity index is 1.06. The molecule has 53 heavy (non-hydrogen) atoms. The molecule has 2 fully saturated rings. The second-order valence-corrected chi connectivity index (χ2v) is 16.3. The van der Waals surface area contributed by atoms with Crippen LogP contribution in [0.5, 0.6) is 0 Å². The highest BCUT2D eigenvalue weighted by atomic mass is 31.3. The molecule has 10 N–H and O–H groups in total. The Morgan fingerprint density at radius 2 is 1.57 bits per heavy atom. The monoisotopic (exact) mass is 816 g/mol. The van der Waals surface area contributed by atoms with Crippen molar-refractivity contribution in [1.29, 1.82) is 0 Å². The lowest BCUT2D eigenvalue weighted by atomic mass is 10.1. The molecule has 0 radical (unpaired) electrons. The average Bonchev–Trinajstić information content (AvgIpc) is 3.76. The predicted molar refractivity (Wildman–Crippen MR) is 169 cm³/mol. The van der Waals surface area contributed by atoms with E-state index in [1.807, 2.05) is 0 Å². The number of aliphatic hydroxyl groups excluding tert-OH is 3. The third-order valence-corrected chi connectivity index (χ3v) is 12.3. The van der Waals surface area contributed by atoms with Gasteiger partial charge in [0.05, 0.1) is 26.6 Å². The SMILES string of the molecule is COC1[C@@H](COP(=O)(O)OP(=O)(O)OP(=O)(O)OC[C@H]2O[C@@H](n3cnc4c(=O)[nH]c(C)nc43)C(O)[C@H]2O)O[C@@H]([n+]2cn(C)c3c(=O)[nH]c(N)nc32)[C@H]1O. The Hall–Kier alpha value is -3.33. The van der Waals surface area contributed by atoms with Crippen LogP contribution in [0.3, 0.4) is 0 Å². The molecule has 0 aromatic carbocycles. The molecule has 4 aromatic rings. The largest absolute Gasteiger partial charge is 0.490 e. The van der Waals surface area contributed by atoms with Crippen LogP contribution in [0.15, 0.2) is 22.2 Å². The van der Waals surface area contributed by atoms with Gasteiger partial charge in [-0.1, -0.05) is 4.98 Å². The summed E-state index contributed by atoms with van der Waals surface area (Å²) in [7, 11) is -14.6. The number of aryl methyl sites for hydroxylation is 2. The van der Waals surface area contributed by atoms with Crippen molar-refractivity contribution in [2.45, 2.75) is 56.0 Å². The quantitative estimate of drug-likeness (QED) is 0.0475. The molecule has 30 heteroatoms. The standard InChI is InChI=1S/C23H32N9O18P3/c1-8-26-17-11(19(36)27-8)25-6-31(17)21-14(34)13(33)9(47-21)4-45-51(38,39)49-53(42,43)50-52(40,41)46-5-10-16(44-3)15(35)22(48-10)32-7-30(2)12-18(32)28-23(24)29-20(12)37/h6-7,9-10,13-16,21-22,33-35H,4-5H2,1-3H3,(H6-,24,26,27,28,29,36,37,38,39,40,41,42,43)/p+1/t9-,10-,13+,14?,15+,16?,21-,22-/m1/s1. The number of methoxy groups -OCH3 is 1. The van der Waals surface area contributed by atoms with E-state index in [0.29, 0.717) is 0 Å². The molecule has 0 saturated carbocycles. The molecule has 0 aliphatic carbocycles. The molecular formula is C23H33N9O18P3+. The summed E-state index contributed by atoms with van der Waals surface area (Å²) < 4.78 is 75.5. The van der Waals surface area contributed by atoms with Gasteiger partial charge in [-0.15, -0.1) is 0 Å². The molecule has 6 heterocycles. The highest BCUT2D eigenvalue weighted by molar-refractivity contribution is 7.66. The molecule has 0 amide bonds. The van der Waals surface area contributed by atoms with E-state index in [-0.39, 0.29) is 34.1 Å². The normalized spacial score (nSPS) is 29.8. The number of hydrogen-bond acceptors (Lipinski definition) is 19. The fourth-order valence-corrected chi connectivity index (χ4v) is 9.33. The second-order valence-electron chi connectivity index (χ2n) is 11.7. The van der Waals surface area contributed by atoms with Crippen molar-refractivity contribution >= 4 is 51.7 Å². The van der Waals surface area contributed by atoms with Crippen molar-refractivity contribution in [3.63, 3.8) is 0 Å². The van der Waals surface area contributed by atoms with Gasteiger partial charge in [0, 0.05) is 7.11 Å². The summed E-state index contributed by atoms with van der Waals surface area (Å²) in [6, 6.07) is 0. The number of nitrogens with two attached hydrogens (primary N) is 1. The molecule has 6 rings (SSSR count). The highest BCUT2D eigenvalue weighted by Gasteiger charge is 2.51. The van der Waals surface area contributed by atoms with Gasteiger partial charge in [-0.05, 0) is 6.92 Å². The Labute approximate surface area is 294 Å². The number of nitrogens with zero attached hydrogens (tertiary/aromatic N) is 6. The summed E-state index contributed by atoms with van der Waals surface area (Å²) in [5.41, 5.74) is 4.39. The maximum atomic E-state index is 12.6. The summed E-state index contributed by atoms with van der Waals surface area (Å²) in [5, 5.41) is 32.0. The number of aromatic nitrogens is 8. The first-order valence-electron chi connectivity index (χ1n) is 15.0. The lowest BCUT2D eigenvalue weighted by Crippen LogP contribution is -2.46. The number of aromatic amines is 2. The number of H-pyrrole nitrogens is 2. The van der Waals surface area contributed by atoms with Gasteiger partial charge >= 0.3 is 29.1 Å². The maximum Gasteiger partial charge on any atom is 0.490 e. The number of aliphatic hydroxyl groups is 3. The van der Waals surface area contributed by atoms with E-state index < -0.39 is 96.9 Å². The van der Waals surface area contributed by atoms with Crippen molar-refractivity contribution in [2.75, 3.05) is 26.1 Å². The van der Waals surface area contributed by atoms with Crippen LogP contribution in [0.25, 0.3) is 22.3 Å². The van der Waals surface area contributed by atoms with Gasteiger partial charge in [0.1, 0.15) is 42.4 Å². The van der Waals surface area contributed by atoms with Crippen LogP contribution < -0.4 is 21.4 Å². The molecule has 5 unspecified atom stereocenters. The van der Waals surface area contributed by atoms with Gasteiger partial charge in [0.25, 0.3) is 17.1 Å². The summed E-state index contributed by atoms with van der Waals surface area (Å²) in [6.07, 6.45) is -9.50. The van der Waals surface area contributed by atoms with Crippen LogP contribution in [-0.4, -0.2) is 121 Å². The van der Waals surface area contributed by atoms with Crippen LogP contribution in [0.2, 0.25) is 0 Å². The summed E-state index contributed by atoms with van der Waals surface area (Å²) >= 11 is 0. The number of phosphoric ester groups is 2. The van der Waals surface area contributed by atoms with E-state index in [1.54, 1.807) is 0 Å². The molecule has 292 valence electrons. The van der Waals surface area contributed by atoms with Crippen LogP contribution in [0.4, 0.5) is 5.95 Å². The van der Waals surface area contributed by atoms with Crippen LogP contribution in [-0.2, 0) is 52.6 Å². The summed E-state index contributed by atoms with van der Waals surface area (Å²) in [5.74, 6) is -0.0452. The molecule has 0 spiro atoms. The first-order chi connectivity index (χ1) is 24.7. The van der Waals surface area contributed by atoms with Crippen molar-refractivity contribution in [1.82, 2.24) is 34.1 Å². The first kappa shape index (κ1) is 39.4. The van der Waals surface area contributed by atoms with Crippen molar-refractivity contribution < 1.29 is 80.1 Å². The van der Waals surface area contributed by atoms with Crippen LogP contribution in [0, 0.1) is 6.92 Å². The van der Waals surface area contributed by atoms with E-state index in [4.69, 9.17) is 24.5 Å². The summed E-state index contributed by atoms with van der Waals surface area (Å²) in [4.78, 5) is 71.7. The third kappa shape index (κ3) is 7.92. The maximum absolute atomic E-state index is 12.6. The third-order valence-electron chi connectivity index (χ3n) is 8.02. The lowest BCUT2D eigenvalue weighted by molar-refractivity contribution is -0.745. The Bertz CT molecular complexity index is 2300. The van der Waals surface area contributed by atoms with Gasteiger partial charge in [0.15, 0.2) is 23.7 Å². The molecular weight excluding hydrogens is 783 g/mol. The number of nitrogens with one attached hydrogen (secondary N) is 2.